The Bertz CT molecular complexity index is 1080. The van der Waals surface area contributed by atoms with Crippen LogP contribution in [-0.2, 0) is 0 Å². The van der Waals surface area contributed by atoms with E-state index in [0.29, 0.717) is 5.92 Å². The van der Waals surface area contributed by atoms with Crippen LogP contribution in [0, 0.1) is 12.7 Å². The predicted molar refractivity (Wildman–Crippen MR) is 121 cm³/mol. The first-order valence-corrected chi connectivity index (χ1v) is 11.2. The Hall–Kier alpha value is -2.86. The molecule has 2 aromatic carbocycles. The minimum atomic E-state index is -0.211. The number of hydrogen-bond acceptors (Lipinski definition) is 2. The Kier molecular flexibility index (Phi) is 5.40. The molecular formula is C25H29FN4O. The number of piperidine rings is 1. The van der Waals surface area contributed by atoms with Crippen molar-refractivity contribution in [1.29, 1.82) is 0 Å². The molecule has 3 heterocycles. The van der Waals surface area contributed by atoms with Crippen LogP contribution in [0.15, 0.2) is 48.5 Å². The van der Waals surface area contributed by atoms with E-state index in [-0.39, 0.29) is 11.8 Å². The van der Waals surface area contributed by atoms with Gasteiger partial charge < -0.3 is 19.7 Å². The Morgan fingerprint density at radius 1 is 1.00 bits per heavy atom. The van der Waals surface area contributed by atoms with Crippen molar-refractivity contribution < 1.29 is 9.18 Å². The van der Waals surface area contributed by atoms with E-state index in [1.54, 1.807) is 0 Å². The minimum Gasteiger partial charge on any atom is -0.336 e. The number of carbonyl (C=O) groups is 1. The molecule has 0 radical (unpaired) electrons. The Balaban J connectivity index is 1.36. The number of amides is 2. The Morgan fingerprint density at radius 2 is 1.74 bits per heavy atom. The molecule has 2 aliphatic heterocycles. The first kappa shape index (κ1) is 20.1. The van der Waals surface area contributed by atoms with Crippen LogP contribution in [0.2, 0.25) is 0 Å². The van der Waals surface area contributed by atoms with E-state index >= 15 is 0 Å². The number of nitrogens with zero attached hydrogens (tertiary/aromatic N) is 3. The maximum absolute atomic E-state index is 13.5. The minimum absolute atomic E-state index is 0.0686. The van der Waals surface area contributed by atoms with Crippen LogP contribution in [0.3, 0.4) is 0 Å². The molecule has 0 bridgehead atoms. The first-order chi connectivity index (χ1) is 15.1. The molecule has 0 spiro atoms. The second kappa shape index (κ2) is 8.35. The molecule has 5 rings (SSSR count). The summed E-state index contributed by atoms with van der Waals surface area (Å²) >= 11 is 0. The lowest BCUT2D eigenvalue weighted by molar-refractivity contribution is 0.181. The van der Waals surface area contributed by atoms with E-state index in [4.69, 9.17) is 0 Å². The zero-order valence-electron chi connectivity index (χ0n) is 18.0. The molecule has 162 valence electrons. The van der Waals surface area contributed by atoms with Gasteiger partial charge >= 0.3 is 6.03 Å². The maximum Gasteiger partial charge on any atom is 0.317 e. The van der Waals surface area contributed by atoms with E-state index in [1.807, 2.05) is 17.0 Å². The van der Waals surface area contributed by atoms with E-state index in [1.165, 1.54) is 34.3 Å². The van der Waals surface area contributed by atoms with Gasteiger partial charge in [0.1, 0.15) is 5.82 Å². The number of fused-ring (bicyclic) bond motifs is 1. The smallest absolute Gasteiger partial charge is 0.317 e. The van der Waals surface area contributed by atoms with E-state index < -0.39 is 0 Å². The summed E-state index contributed by atoms with van der Waals surface area (Å²) in [5.74, 6) is 0.301. The van der Waals surface area contributed by atoms with Crippen LogP contribution in [-0.4, -0.2) is 59.7 Å². The maximum atomic E-state index is 13.5. The van der Waals surface area contributed by atoms with E-state index in [9.17, 15) is 9.18 Å². The number of nitrogens with one attached hydrogen (secondary N) is 1. The molecule has 0 saturated carbocycles. The number of rotatable bonds is 5. The van der Waals surface area contributed by atoms with Gasteiger partial charge in [0.15, 0.2) is 0 Å². The molecule has 0 unspecified atom stereocenters. The molecule has 6 heteroatoms. The number of hydrogen-bond donors (Lipinski definition) is 1. The normalized spacial score (nSPS) is 18.1. The molecule has 2 fully saturated rings. The fourth-order valence-electron chi connectivity index (χ4n) is 5.26. The van der Waals surface area contributed by atoms with Crippen molar-refractivity contribution in [2.24, 2.45) is 0 Å². The summed E-state index contributed by atoms with van der Waals surface area (Å²) in [6.45, 7) is 7.62. The molecule has 1 N–H and O–H groups in total. The van der Waals surface area contributed by atoms with Crippen LogP contribution >= 0.6 is 0 Å². The van der Waals surface area contributed by atoms with Crippen LogP contribution in [0.4, 0.5) is 9.18 Å². The van der Waals surface area contributed by atoms with Gasteiger partial charge in [-0.2, -0.15) is 0 Å². The van der Waals surface area contributed by atoms with Gasteiger partial charge in [0.2, 0.25) is 0 Å². The standard InChI is InChI=1S/C25H29FN4O/c1-18-24(19-10-13-28(14-11-19)16-17-29-15-12-27-25(29)31)22-4-2-3-5-23(22)30(18)21-8-6-20(26)7-9-21/h2-9,19H,10-17H2,1H3,(H,27,31). The number of benzene rings is 2. The third kappa shape index (κ3) is 3.81. The van der Waals surface area contributed by atoms with Gasteiger partial charge in [0.25, 0.3) is 0 Å². The van der Waals surface area contributed by atoms with Crippen molar-refractivity contribution in [3.8, 4) is 5.69 Å². The van der Waals surface area contributed by atoms with Crippen molar-refractivity contribution in [1.82, 2.24) is 19.7 Å². The SMILES string of the molecule is Cc1c(C2CCN(CCN3CCNC3=O)CC2)c2ccccc2n1-c1ccc(F)cc1. The number of aromatic nitrogens is 1. The van der Waals surface area contributed by atoms with Crippen molar-refractivity contribution in [2.75, 3.05) is 39.3 Å². The van der Waals surface area contributed by atoms with Crippen LogP contribution in [0.25, 0.3) is 16.6 Å². The van der Waals surface area contributed by atoms with E-state index in [2.05, 4.69) is 46.0 Å². The third-order valence-corrected chi connectivity index (χ3v) is 6.87. The topological polar surface area (TPSA) is 40.5 Å². The number of para-hydroxylation sites is 1. The molecule has 2 aliphatic rings. The van der Waals surface area contributed by atoms with Gasteiger partial charge in [0, 0.05) is 42.9 Å². The van der Waals surface area contributed by atoms with Gasteiger partial charge in [-0.25, -0.2) is 9.18 Å². The fourth-order valence-corrected chi connectivity index (χ4v) is 5.26. The second-order valence-electron chi connectivity index (χ2n) is 8.66. The quantitative estimate of drug-likeness (QED) is 0.669. The monoisotopic (exact) mass is 420 g/mol. The first-order valence-electron chi connectivity index (χ1n) is 11.2. The highest BCUT2D eigenvalue weighted by Gasteiger charge is 2.27. The second-order valence-corrected chi connectivity index (χ2v) is 8.66. The average Bonchev–Trinajstić information content (AvgIpc) is 3.33. The molecule has 0 atom stereocenters. The fraction of sp³-hybridized carbons (Fsp3) is 0.400. The number of urea groups is 1. The van der Waals surface area contributed by atoms with Gasteiger partial charge in [-0.3, -0.25) is 0 Å². The largest absolute Gasteiger partial charge is 0.336 e. The molecule has 0 aliphatic carbocycles. The molecule has 2 saturated heterocycles. The number of halogens is 1. The highest BCUT2D eigenvalue weighted by Crippen LogP contribution is 2.38. The van der Waals surface area contributed by atoms with Crippen molar-refractivity contribution in [2.45, 2.75) is 25.7 Å². The lowest BCUT2D eigenvalue weighted by Gasteiger charge is -2.33. The summed E-state index contributed by atoms with van der Waals surface area (Å²) in [4.78, 5) is 16.1. The molecule has 3 aromatic rings. The van der Waals surface area contributed by atoms with Crippen molar-refractivity contribution in [3.63, 3.8) is 0 Å². The Morgan fingerprint density at radius 3 is 2.45 bits per heavy atom. The highest BCUT2D eigenvalue weighted by molar-refractivity contribution is 5.88. The predicted octanol–water partition coefficient (Wildman–Crippen LogP) is 4.28. The summed E-state index contributed by atoms with van der Waals surface area (Å²) in [5.41, 5.74) is 4.87. The molecule has 1 aromatic heterocycles. The molecular weight excluding hydrogens is 391 g/mol. The Labute approximate surface area is 182 Å². The van der Waals surface area contributed by atoms with Gasteiger partial charge in [0.05, 0.1) is 5.52 Å². The average molecular weight is 421 g/mol. The van der Waals surface area contributed by atoms with Gasteiger partial charge in [-0.1, -0.05) is 18.2 Å². The lowest BCUT2D eigenvalue weighted by Crippen LogP contribution is -2.40. The highest BCUT2D eigenvalue weighted by atomic mass is 19.1. The summed E-state index contributed by atoms with van der Waals surface area (Å²) in [7, 11) is 0. The van der Waals surface area contributed by atoms with Crippen LogP contribution < -0.4 is 5.32 Å². The molecule has 2 amide bonds. The van der Waals surface area contributed by atoms with Gasteiger partial charge in [-0.15, -0.1) is 0 Å². The zero-order chi connectivity index (χ0) is 21.4. The number of carbonyl (C=O) groups excluding carboxylic acids is 1. The third-order valence-electron chi connectivity index (χ3n) is 6.87. The van der Waals surface area contributed by atoms with Crippen molar-refractivity contribution in [3.05, 3.63) is 65.6 Å². The van der Waals surface area contributed by atoms with Crippen molar-refractivity contribution >= 4 is 16.9 Å². The zero-order valence-corrected chi connectivity index (χ0v) is 18.0. The number of likely N-dealkylation sites (tertiary alicyclic amines) is 1. The molecule has 31 heavy (non-hydrogen) atoms. The summed E-state index contributed by atoms with van der Waals surface area (Å²) in [5, 5.41) is 4.18. The summed E-state index contributed by atoms with van der Waals surface area (Å²) in [6.07, 6.45) is 2.23. The van der Waals surface area contributed by atoms with Crippen LogP contribution in [0.5, 0.6) is 0 Å². The summed E-state index contributed by atoms with van der Waals surface area (Å²) in [6, 6.07) is 15.4. The van der Waals surface area contributed by atoms with Gasteiger partial charge in [-0.05, 0) is 74.7 Å². The van der Waals surface area contributed by atoms with E-state index in [0.717, 1.165) is 57.8 Å². The molecule has 5 nitrogen and oxygen atoms in total. The lowest BCUT2D eigenvalue weighted by atomic mass is 9.87. The summed E-state index contributed by atoms with van der Waals surface area (Å²) < 4.78 is 15.8. The van der Waals surface area contributed by atoms with Crippen LogP contribution in [0.1, 0.15) is 30.0 Å².